The van der Waals surface area contributed by atoms with E-state index in [0.717, 1.165) is 0 Å². The van der Waals surface area contributed by atoms with E-state index in [1.165, 1.54) is 35.4 Å². The van der Waals surface area contributed by atoms with Crippen molar-refractivity contribution in [3.8, 4) is 23.0 Å². The van der Waals surface area contributed by atoms with Gasteiger partial charge in [0, 0.05) is 0 Å². The van der Waals surface area contributed by atoms with Crippen LogP contribution in [0.3, 0.4) is 0 Å². The number of azo groups is 1. The number of carbonyl (C=O) groups excluding carboxylic acids is 2. The van der Waals surface area contributed by atoms with E-state index in [9.17, 15) is 9.59 Å². The molecule has 2 aromatic rings. The molecule has 1 unspecified atom stereocenters. The summed E-state index contributed by atoms with van der Waals surface area (Å²) in [5.41, 5.74) is 0.265. The SMILES string of the molecule is COc1ccc(OC)c(N=NC(C(C)=O)C(=O)Nc2c(OC)ccc(Cl)c2OC)c1Cl. The predicted molar refractivity (Wildman–Crippen MR) is 117 cm³/mol. The molecule has 31 heavy (non-hydrogen) atoms. The van der Waals surface area contributed by atoms with Crippen molar-refractivity contribution in [1.82, 2.24) is 0 Å². The van der Waals surface area contributed by atoms with Crippen molar-refractivity contribution in [3.05, 3.63) is 34.3 Å². The van der Waals surface area contributed by atoms with Gasteiger partial charge in [-0.2, -0.15) is 5.11 Å². The van der Waals surface area contributed by atoms with Crippen molar-refractivity contribution < 1.29 is 28.5 Å². The van der Waals surface area contributed by atoms with Crippen LogP contribution in [0, 0.1) is 0 Å². The number of ketones is 1. The fourth-order valence-corrected chi connectivity index (χ4v) is 3.10. The van der Waals surface area contributed by atoms with Crippen LogP contribution in [0.2, 0.25) is 10.0 Å². The second kappa shape index (κ2) is 10.8. The van der Waals surface area contributed by atoms with Gasteiger partial charge in [0.1, 0.15) is 33.6 Å². The molecule has 0 spiro atoms. The van der Waals surface area contributed by atoms with Gasteiger partial charge in [-0.25, -0.2) is 0 Å². The largest absolute Gasteiger partial charge is 0.495 e. The number of halogens is 2. The number of nitrogens with one attached hydrogen (secondary N) is 1. The van der Waals surface area contributed by atoms with E-state index >= 15 is 0 Å². The van der Waals surface area contributed by atoms with Gasteiger partial charge < -0.3 is 24.3 Å². The van der Waals surface area contributed by atoms with Crippen LogP contribution in [0.1, 0.15) is 6.92 Å². The summed E-state index contributed by atoms with van der Waals surface area (Å²) in [6, 6.07) is 4.77. The number of anilines is 1. The monoisotopic (exact) mass is 469 g/mol. The highest BCUT2D eigenvalue weighted by Crippen LogP contribution is 2.42. The lowest BCUT2D eigenvalue weighted by atomic mass is 10.2. The third-order valence-corrected chi connectivity index (χ3v) is 4.80. The second-order valence-corrected chi connectivity index (χ2v) is 6.79. The van der Waals surface area contributed by atoms with Crippen LogP contribution in [-0.2, 0) is 9.59 Å². The standard InChI is InChI=1S/C20H21Cl2N3O6/c1-10(26)16(24-25-17-13(29-3)9-8-12(28-2)15(17)22)20(27)23-18-14(30-4)7-6-11(21)19(18)31-5/h6-9,16H,1-5H3,(H,23,27). The predicted octanol–water partition coefficient (Wildman–Crippen LogP) is 4.71. The molecule has 11 heteroatoms. The highest BCUT2D eigenvalue weighted by atomic mass is 35.5. The molecule has 0 heterocycles. The Balaban J connectivity index is 2.42. The molecule has 1 amide bonds. The molecule has 166 valence electrons. The average Bonchev–Trinajstić information content (AvgIpc) is 2.74. The molecule has 1 atom stereocenters. The lowest BCUT2D eigenvalue weighted by molar-refractivity contribution is -0.126. The van der Waals surface area contributed by atoms with Gasteiger partial charge in [0.25, 0.3) is 5.91 Å². The lowest BCUT2D eigenvalue weighted by Gasteiger charge is -2.16. The van der Waals surface area contributed by atoms with E-state index in [2.05, 4.69) is 15.5 Å². The van der Waals surface area contributed by atoms with E-state index < -0.39 is 17.7 Å². The van der Waals surface area contributed by atoms with Crippen molar-refractivity contribution in [2.45, 2.75) is 13.0 Å². The van der Waals surface area contributed by atoms with Crippen LogP contribution in [0.5, 0.6) is 23.0 Å². The van der Waals surface area contributed by atoms with E-state index in [1.54, 1.807) is 24.3 Å². The van der Waals surface area contributed by atoms with Gasteiger partial charge in [-0.3, -0.25) is 9.59 Å². The molecule has 0 aliphatic carbocycles. The van der Waals surface area contributed by atoms with Crippen LogP contribution in [0.4, 0.5) is 11.4 Å². The topological polar surface area (TPSA) is 108 Å². The number of ether oxygens (including phenoxy) is 4. The molecule has 0 aromatic heterocycles. The first-order valence-electron chi connectivity index (χ1n) is 8.82. The zero-order valence-electron chi connectivity index (χ0n) is 17.5. The molecule has 9 nitrogen and oxygen atoms in total. The van der Waals surface area contributed by atoms with E-state index in [0.29, 0.717) is 5.75 Å². The molecule has 0 bridgehead atoms. The molecule has 2 aromatic carbocycles. The summed E-state index contributed by atoms with van der Waals surface area (Å²) in [4.78, 5) is 25.0. The van der Waals surface area contributed by atoms with Gasteiger partial charge in [0.05, 0.1) is 33.5 Å². The lowest BCUT2D eigenvalue weighted by Crippen LogP contribution is -2.32. The van der Waals surface area contributed by atoms with Crippen LogP contribution in [-0.4, -0.2) is 46.2 Å². The Kier molecular flexibility index (Phi) is 8.47. The summed E-state index contributed by atoms with van der Waals surface area (Å²) in [6.45, 7) is 1.21. The summed E-state index contributed by atoms with van der Waals surface area (Å²) in [5.74, 6) is -0.256. The number of benzene rings is 2. The molecule has 1 N–H and O–H groups in total. The van der Waals surface area contributed by atoms with E-state index in [4.69, 9.17) is 42.1 Å². The maximum atomic E-state index is 12.9. The van der Waals surface area contributed by atoms with Crippen LogP contribution < -0.4 is 24.3 Å². The highest BCUT2D eigenvalue weighted by Gasteiger charge is 2.27. The van der Waals surface area contributed by atoms with Gasteiger partial charge in [-0.05, 0) is 31.2 Å². The van der Waals surface area contributed by atoms with Gasteiger partial charge in [-0.1, -0.05) is 23.2 Å². The average molecular weight is 470 g/mol. The molecule has 0 fully saturated rings. The minimum atomic E-state index is -1.49. The van der Waals surface area contributed by atoms with Crippen molar-refractivity contribution >= 4 is 46.3 Å². The van der Waals surface area contributed by atoms with Crippen molar-refractivity contribution in [2.24, 2.45) is 10.2 Å². The zero-order chi connectivity index (χ0) is 23.1. The molecule has 0 saturated carbocycles. The van der Waals surface area contributed by atoms with Gasteiger partial charge in [0.15, 0.2) is 11.5 Å². The summed E-state index contributed by atoms with van der Waals surface area (Å²) < 4.78 is 20.9. The van der Waals surface area contributed by atoms with Crippen molar-refractivity contribution in [2.75, 3.05) is 33.8 Å². The quantitative estimate of drug-likeness (QED) is 0.420. The normalized spacial score (nSPS) is 11.7. The smallest absolute Gasteiger partial charge is 0.259 e. The minimum Gasteiger partial charge on any atom is -0.495 e. The molecule has 2 rings (SSSR count). The van der Waals surface area contributed by atoms with Gasteiger partial charge in [-0.15, -0.1) is 5.11 Å². The first-order chi connectivity index (χ1) is 14.8. The molecule has 0 radical (unpaired) electrons. The highest BCUT2D eigenvalue weighted by molar-refractivity contribution is 6.35. The minimum absolute atomic E-state index is 0.112. The first-order valence-corrected chi connectivity index (χ1v) is 9.57. The fraction of sp³-hybridized carbons (Fsp3) is 0.300. The number of carbonyl (C=O) groups is 2. The fourth-order valence-electron chi connectivity index (χ4n) is 2.60. The third kappa shape index (κ3) is 5.36. The number of hydrogen-bond acceptors (Lipinski definition) is 8. The van der Waals surface area contributed by atoms with Crippen LogP contribution >= 0.6 is 23.2 Å². The number of methoxy groups -OCH3 is 4. The maximum absolute atomic E-state index is 12.9. The summed E-state index contributed by atoms with van der Waals surface area (Å²) in [7, 11) is 5.66. The number of Topliss-reactive ketones (excluding diaryl/α,β-unsaturated/α-hetero) is 1. The number of rotatable bonds is 9. The number of nitrogens with zero attached hydrogens (tertiary/aromatic N) is 2. The Morgan fingerprint density at radius 3 is 2.03 bits per heavy atom. The summed E-state index contributed by atoms with van der Waals surface area (Å²) in [6.07, 6.45) is 0. The summed E-state index contributed by atoms with van der Waals surface area (Å²) >= 11 is 12.4. The number of amides is 1. The van der Waals surface area contributed by atoms with Gasteiger partial charge >= 0.3 is 0 Å². The Morgan fingerprint density at radius 2 is 1.48 bits per heavy atom. The Labute approximate surface area is 189 Å². The third-order valence-electron chi connectivity index (χ3n) is 4.13. The molecule has 0 aliphatic heterocycles. The number of hydrogen-bond donors (Lipinski definition) is 1. The zero-order valence-corrected chi connectivity index (χ0v) is 19.0. The first kappa shape index (κ1) is 24.2. The van der Waals surface area contributed by atoms with E-state index in [1.807, 2.05) is 0 Å². The van der Waals surface area contributed by atoms with Crippen LogP contribution in [0.25, 0.3) is 0 Å². The van der Waals surface area contributed by atoms with Crippen molar-refractivity contribution in [1.29, 1.82) is 0 Å². The Hall–Kier alpha value is -3.04. The van der Waals surface area contributed by atoms with Gasteiger partial charge in [0.2, 0.25) is 6.04 Å². The van der Waals surface area contributed by atoms with Crippen LogP contribution in [0.15, 0.2) is 34.5 Å². The second-order valence-electron chi connectivity index (χ2n) is 6.01. The molecular formula is C20H21Cl2N3O6. The Morgan fingerprint density at radius 1 is 0.903 bits per heavy atom. The Bertz CT molecular complexity index is 1010. The maximum Gasteiger partial charge on any atom is 0.259 e. The summed E-state index contributed by atoms with van der Waals surface area (Å²) in [5, 5.41) is 10.8. The molecule has 0 saturated heterocycles. The molecule has 0 aliphatic rings. The van der Waals surface area contributed by atoms with E-state index in [-0.39, 0.29) is 38.7 Å². The van der Waals surface area contributed by atoms with Crippen molar-refractivity contribution in [3.63, 3.8) is 0 Å². The molecular weight excluding hydrogens is 449 g/mol.